The molecule has 0 saturated heterocycles. The van der Waals surface area contributed by atoms with E-state index in [1.807, 2.05) is 0 Å². The second kappa shape index (κ2) is 5.38. The minimum absolute atomic E-state index is 0.0115. The van der Waals surface area contributed by atoms with Crippen molar-refractivity contribution in [3.8, 4) is 22.6 Å². The molecule has 0 bridgehead atoms. The van der Waals surface area contributed by atoms with Crippen molar-refractivity contribution in [1.82, 2.24) is 14.7 Å². The molecule has 0 radical (unpaired) electrons. The minimum Gasteiger partial charge on any atom is -0.426 e. The summed E-state index contributed by atoms with van der Waals surface area (Å²) in [4.78, 5) is 7.14. The number of hydrogen-bond acceptors (Lipinski definition) is 3. The third kappa shape index (κ3) is 2.63. The molecular weight excluding hydrogens is 314 g/mol. The van der Waals surface area contributed by atoms with Gasteiger partial charge >= 0.3 is 6.18 Å². The Balaban J connectivity index is 2.30. The molecule has 0 amide bonds. The molecule has 0 atom stereocenters. The maximum atomic E-state index is 13.8. The van der Waals surface area contributed by atoms with E-state index in [-0.39, 0.29) is 15.9 Å². The fraction of sp³-hybridized carbons (Fsp3) is 0.0667. The number of halogens is 4. The van der Waals surface area contributed by atoms with Gasteiger partial charge in [-0.2, -0.15) is 17.9 Å². The molecule has 2 aromatic heterocycles. The summed E-state index contributed by atoms with van der Waals surface area (Å²) in [5.41, 5.74) is -2.14. The van der Waals surface area contributed by atoms with Gasteiger partial charge in [-0.1, -0.05) is 12.1 Å². The smallest absolute Gasteiger partial charge is 0.426 e. The number of alkyl halides is 3. The lowest BCUT2D eigenvalue weighted by atomic mass is 10.1. The quantitative estimate of drug-likeness (QED) is 0.573. The van der Waals surface area contributed by atoms with Crippen LogP contribution in [0.2, 0.25) is 0 Å². The van der Waals surface area contributed by atoms with Crippen molar-refractivity contribution in [2.75, 3.05) is 0 Å². The predicted molar refractivity (Wildman–Crippen MR) is 73.0 cm³/mol. The van der Waals surface area contributed by atoms with Gasteiger partial charge in [0, 0.05) is 18.0 Å². The van der Waals surface area contributed by atoms with Crippen LogP contribution in [-0.2, 0) is 6.18 Å². The fourth-order valence-electron chi connectivity index (χ4n) is 2.19. The van der Waals surface area contributed by atoms with Crippen LogP contribution in [0.5, 0.6) is 0 Å². The van der Waals surface area contributed by atoms with Gasteiger partial charge in [0.05, 0.1) is 5.56 Å². The van der Waals surface area contributed by atoms with E-state index in [9.17, 15) is 22.8 Å². The number of imidazole rings is 1. The maximum absolute atomic E-state index is 13.8. The average molecular weight is 323 g/mol. The van der Waals surface area contributed by atoms with Gasteiger partial charge in [-0.15, -0.1) is 0 Å². The molecule has 0 fully saturated rings. The van der Waals surface area contributed by atoms with Crippen LogP contribution >= 0.6 is 0 Å². The zero-order chi connectivity index (χ0) is 16.6. The van der Waals surface area contributed by atoms with E-state index in [0.29, 0.717) is 0 Å². The van der Waals surface area contributed by atoms with Gasteiger partial charge in [-0.3, -0.25) is 4.98 Å². The number of aromatic nitrogens is 3. The monoisotopic (exact) mass is 323 g/mol. The van der Waals surface area contributed by atoms with Crippen molar-refractivity contribution in [1.29, 1.82) is 0 Å². The lowest BCUT2D eigenvalue weighted by molar-refractivity contribution is -0.140. The third-order valence-corrected chi connectivity index (χ3v) is 3.17. The van der Waals surface area contributed by atoms with Gasteiger partial charge in [0.2, 0.25) is 0 Å². The summed E-state index contributed by atoms with van der Waals surface area (Å²) >= 11 is 0. The molecule has 23 heavy (non-hydrogen) atoms. The number of benzene rings is 1. The van der Waals surface area contributed by atoms with Crippen molar-refractivity contribution in [3.63, 3.8) is 0 Å². The van der Waals surface area contributed by atoms with Crippen molar-refractivity contribution >= 4 is 0 Å². The van der Waals surface area contributed by atoms with Crippen molar-refractivity contribution in [2.24, 2.45) is 0 Å². The summed E-state index contributed by atoms with van der Waals surface area (Å²) in [5.74, 6) is -1.33. The van der Waals surface area contributed by atoms with Crippen molar-refractivity contribution in [2.45, 2.75) is 6.18 Å². The topological polar surface area (TPSA) is 50.9 Å². The average Bonchev–Trinajstić information content (AvgIpc) is 2.86. The Bertz CT molecular complexity index is 844. The molecular formula is C15H9F4N3O. The zero-order valence-corrected chi connectivity index (χ0v) is 11.4. The van der Waals surface area contributed by atoms with Gasteiger partial charge < -0.3 is 5.21 Å². The lowest BCUT2D eigenvalue weighted by Gasteiger charge is -2.07. The van der Waals surface area contributed by atoms with Gasteiger partial charge in [0.25, 0.3) is 0 Å². The van der Waals surface area contributed by atoms with Gasteiger partial charge in [0.15, 0.2) is 11.5 Å². The van der Waals surface area contributed by atoms with Crippen LogP contribution in [0.25, 0.3) is 22.6 Å². The zero-order valence-electron chi connectivity index (χ0n) is 11.4. The summed E-state index contributed by atoms with van der Waals surface area (Å²) in [6.07, 6.45) is -2.28. The van der Waals surface area contributed by atoms with Crippen molar-refractivity contribution in [3.05, 3.63) is 60.3 Å². The summed E-state index contributed by atoms with van der Waals surface area (Å²) in [6, 6.07) is 7.89. The Labute approximate surface area is 127 Å². The van der Waals surface area contributed by atoms with Crippen LogP contribution < -0.4 is 0 Å². The summed E-state index contributed by atoms with van der Waals surface area (Å²) in [7, 11) is 0. The Morgan fingerprint density at radius 2 is 1.78 bits per heavy atom. The highest BCUT2D eigenvalue weighted by Gasteiger charge is 2.40. The van der Waals surface area contributed by atoms with Gasteiger partial charge in [-0.05, 0) is 24.3 Å². The Hall–Kier alpha value is -2.90. The molecule has 118 valence electrons. The molecule has 0 spiro atoms. The van der Waals surface area contributed by atoms with Crippen LogP contribution in [-0.4, -0.2) is 19.9 Å². The molecule has 0 saturated carbocycles. The Morgan fingerprint density at radius 3 is 2.39 bits per heavy atom. The highest BCUT2D eigenvalue weighted by atomic mass is 19.4. The van der Waals surface area contributed by atoms with E-state index in [2.05, 4.69) is 9.97 Å². The van der Waals surface area contributed by atoms with Crippen LogP contribution in [0.3, 0.4) is 0 Å². The van der Waals surface area contributed by atoms with E-state index in [0.717, 1.165) is 12.3 Å². The first-order valence-corrected chi connectivity index (χ1v) is 6.44. The molecule has 4 nitrogen and oxygen atoms in total. The first kappa shape index (κ1) is 15.0. The summed E-state index contributed by atoms with van der Waals surface area (Å²) in [5, 5.41) is 10.2. The van der Waals surface area contributed by atoms with Crippen LogP contribution in [0.4, 0.5) is 17.6 Å². The predicted octanol–water partition coefficient (Wildman–Crippen LogP) is 4.01. The molecule has 1 aromatic carbocycles. The van der Waals surface area contributed by atoms with E-state index in [4.69, 9.17) is 0 Å². The molecule has 0 aliphatic carbocycles. The number of nitrogens with zero attached hydrogens (tertiary/aromatic N) is 3. The molecule has 2 heterocycles. The number of pyridine rings is 1. The number of hydrogen-bond donors (Lipinski definition) is 1. The highest BCUT2D eigenvalue weighted by Crippen LogP contribution is 2.38. The molecule has 3 aromatic rings. The molecule has 3 rings (SSSR count). The number of rotatable bonds is 2. The van der Waals surface area contributed by atoms with E-state index in [1.165, 1.54) is 36.5 Å². The fourth-order valence-corrected chi connectivity index (χ4v) is 2.19. The second-order valence-corrected chi connectivity index (χ2v) is 4.66. The molecule has 0 aliphatic heterocycles. The SMILES string of the molecule is On1c(-c2ccccc2F)nc(C(F)(F)F)c1-c1cccnc1. The van der Waals surface area contributed by atoms with Crippen LogP contribution in [0.15, 0.2) is 48.8 Å². The second-order valence-electron chi connectivity index (χ2n) is 4.66. The Kier molecular flexibility index (Phi) is 3.51. The van der Waals surface area contributed by atoms with E-state index >= 15 is 0 Å². The normalized spacial score (nSPS) is 11.7. The van der Waals surface area contributed by atoms with Gasteiger partial charge in [-0.25, -0.2) is 9.37 Å². The van der Waals surface area contributed by atoms with Crippen LogP contribution in [0, 0.1) is 5.82 Å². The highest BCUT2D eigenvalue weighted by molar-refractivity contribution is 5.68. The van der Waals surface area contributed by atoms with Gasteiger partial charge in [0.1, 0.15) is 11.5 Å². The molecule has 8 heteroatoms. The molecule has 1 N–H and O–H groups in total. The minimum atomic E-state index is -4.82. The standard InChI is InChI=1S/C15H9F4N3O/c16-11-6-2-1-5-10(11)14-21-13(15(17,18)19)12(22(14)23)9-4-3-7-20-8-9/h1-8,23H. The third-order valence-electron chi connectivity index (χ3n) is 3.17. The van der Waals surface area contributed by atoms with E-state index < -0.39 is 29.2 Å². The first-order chi connectivity index (χ1) is 10.9. The maximum Gasteiger partial charge on any atom is 0.435 e. The van der Waals surface area contributed by atoms with E-state index in [1.54, 1.807) is 0 Å². The molecule has 0 unspecified atom stereocenters. The largest absolute Gasteiger partial charge is 0.435 e. The Morgan fingerprint density at radius 1 is 1.04 bits per heavy atom. The van der Waals surface area contributed by atoms with Crippen LogP contribution in [0.1, 0.15) is 5.69 Å². The summed E-state index contributed by atoms with van der Waals surface area (Å²) < 4.78 is 53.8. The first-order valence-electron chi connectivity index (χ1n) is 6.44. The van der Waals surface area contributed by atoms with Crippen molar-refractivity contribution < 1.29 is 22.8 Å². The lowest BCUT2D eigenvalue weighted by Crippen LogP contribution is -2.08. The molecule has 0 aliphatic rings. The summed E-state index contributed by atoms with van der Waals surface area (Å²) in [6.45, 7) is 0.